The van der Waals surface area contributed by atoms with Gasteiger partial charge in [-0.3, -0.25) is 4.79 Å². The summed E-state index contributed by atoms with van der Waals surface area (Å²) in [6, 6.07) is 25.1. The number of pyridine rings is 1. The van der Waals surface area contributed by atoms with Crippen molar-refractivity contribution < 1.29 is 4.79 Å². The van der Waals surface area contributed by atoms with E-state index in [0.717, 1.165) is 21.8 Å². The second kappa shape index (κ2) is 5.08. The van der Waals surface area contributed by atoms with Crippen molar-refractivity contribution in [3.8, 4) is 0 Å². The summed E-state index contributed by atoms with van der Waals surface area (Å²) in [6.07, 6.45) is 0. The van der Waals surface area contributed by atoms with Crippen molar-refractivity contribution in [2.24, 2.45) is 0 Å². The van der Waals surface area contributed by atoms with Gasteiger partial charge in [-0.2, -0.15) is 0 Å². The summed E-state index contributed by atoms with van der Waals surface area (Å²) in [5.41, 5.74) is 3.19. The van der Waals surface area contributed by atoms with E-state index in [0.29, 0.717) is 11.1 Å². The molecule has 0 aliphatic carbocycles. The molecular weight excluding hydrogens is 270 g/mol. The van der Waals surface area contributed by atoms with Gasteiger partial charge in [0.15, 0.2) is 5.78 Å². The molecule has 1 heterocycles. The topological polar surface area (TPSA) is 30.0 Å². The fourth-order valence-corrected chi connectivity index (χ4v) is 2.74. The minimum absolute atomic E-state index is 0.0308. The molecule has 3 aromatic carbocycles. The lowest BCUT2D eigenvalue weighted by Gasteiger charge is -2.07. The van der Waals surface area contributed by atoms with Crippen LogP contribution in [-0.4, -0.2) is 10.8 Å². The van der Waals surface area contributed by atoms with Crippen molar-refractivity contribution in [3.05, 3.63) is 90.0 Å². The molecule has 0 atom stereocenters. The lowest BCUT2D eigenvalue weighted by molar-refractivity contribution is 0.104. The van der Waals surface area contributed by atoms with Gasteiger partial charge in [-0.05, 0) is 18.2 Å². The number of aromatic nitrogens is 1. The van der Waals surface area contributed by atoms with Gasteiger partial charge in [0.2, 0.25) is 0 Å². The number of hydrogen-bond donors (Lipinski definition) is 0. The van der Waals surface area contributed by atoms with Gasteiger partial charge in [-0.1, -0.05) is 60.7 Å². The van der Waals surface area contributed by atoms with E-state index in [1.807, 2.05) is 78.9 Å². The molecule has 1 aromatic heterocycles. The molecule has 0 amide bonds. The molecule has 0 radical (unpaired) electrons. The van der Waals surface area contributed by atoms with Gasteiger partial charge in [0.1, 0.15) is 0 Å². The lowest BCUT2D eigenvalue weighted by atomic mass is 9.98. The van der Waals surface area contributed by atoms with E-state index in [2.05, 4.69) is 4.98 Å². The molecule has 0 fully saturated rings. The smallest absolute Gasteiger partial charge is 0.193 e. The Morgan fingerprint density at radius 1 is 0.727 bits per heavy atom. The van der Waals surface area contributed by atoms with Gasteiger partial charge in [0, 0.05) is 21.9 Å². The van der Waals surface area contributed by atoms with Crippen molar-refractivity contribution in [2.75, 3.05) is 0 Å². The summed E-state index contributed by atoms with van der Waals surface area (Å²) >= 11 is 0. The third-order valence-electron chi connectivity index (χ3n) is 3.84. The van der Waals surface area contributed by atoms with Crippen LogP contribution in [0, 0.1) is 0 Å². The Bertz CT molecular complexity index is 990. The monoisotopic (exact) mass is 283 g/mol. The first-order valence-corrected chi connectivity index (χ1v) is 7.21. The zero-order valence-corrected chi connectivity index (χ0v) is 11.9. The van der Waals surface area contributed by atoms with Gasteiger partial charge in [0.25, 0.3) is 0 Å². The molecule has 2 heteroatoms. The van der Waals surface area contributed by atoms with E-state index in [9.17, 15) is 4.79 Å². The minimum Gasteiger partial charge on any atom is -0.289 e. The summed E-state index contributed by atoms with van der Waals surface area (Å²) in [5.74, 6) is 0.0308. The molecule has 104 valence electrons. The predicted molar refractivity (Wildman–Crippen MR) is 89.1 cm³/mol. The fraction of sp³-hybridized carbons (Fsp3) is 0. The van der Waals surface area contributed by atoms with Crippen LogP contribution in [0.5, 0.6) is 0 Å². The molecule has 0 aliphatic rings. The zero-order valence-electron chi connectivity index (χ0n) is 11.9. The molecule has 0 aliphatic heterocycles. The summed E-state index contributed by atoms with van der Waals surface area (Å²) in [5, 5.41) is 1.94. The van der Waals surface area contributed by atoms with E-state index < -0.39 is 0 Å². The molecule has 2 nitrogen and oxygen atoms in total. The summed E-state index contributed by atoms with van der Waals surface area (Å²) < 4.78 is 0. The first-order chi connectivity index (χ1) is 10.8. The first kappa shape index (κ1) is 12.7. The van der Waals surface area contributed by atoms with Crippen LogP contribution in [0.25, 0.3) is 21.8 Å². The van der Waals surface area contributed by atoms with Crippen LogP contribution < -0.4 is 0 Å². The van der Waals surface area contributed by atoms with Crippen LogP contribution in [0.3, 0.4) is 0 Å². The van der Waals surface area contributed by atoms with Gasteiger partial charge in [-0.25, -0.2) is 4.98 Å². The Morgan fingerprint density at radius 3 is 2.32 bits per heavy atom. The van der Waals surface area contributed by atoms with Crippen LogP contribution >= 0.6 is 0 Å². The molecule has 0 bridgehead atoms. The summed E-state index contributed by atoms with van der Waals surface area (Å²) in [6.45, 7) is 0. The van der Waals surface area contributed by atoms with Crippen LogP contribution in [0.4, 0.5) is 0 Å². The number of rotatable bonds is 2. The number of fused-ring (bicyclic) bond motifs is 2. The maximum absolute atomic E-state index is 12.8. The largest absolute Gasteiger partial charge is 0.289 e. The molecule has 0 N–H and O–H groups in total. The number of carbonyl (C=O) groups excluding carboxylic acids is 1. The van der Waals surface area contributed by atoms with Crippen LogP contribution in [0.1, 0.15) is 15.9 Å². The van der Waals surface area contributed by atoms with Crippen molar-refractivity contribution >= 4 is 27.6 Å². The average molecular weight is 283 g/mol. The average Bonchev–Trinajstić information content (AvgIpc) is 2.59. The molecule has 0 saturated heterocycles. The highest BCUT2D eigenvalue weighted by molar-refractivity contribution is 6.17. The Hall–Kier alpha value is -3.00. The van der Waals surface area contributed by atoms with Crippen molar-refractivity contribution in [1.82, 2.24) is 4.98 Å². The van der Waals surface area contributed by atoms with Crippen LogP contribution in [0.15, 0.2) is 78.9 Å². The maximum atomic E-state index is 12.8. The number of carbonyl (C=O) groups is 1. The zero-order chi connectivity index (χ0) is 14.9. The third kappa shape index (κ3) is 2.06. The molecule has 22 heavy (non-hydrogen) atoms. The van der Waals surface area contributed by atoms with E-state index in [1.165, 1.54) is 0 Å². The Labute approximate surface area is 128 Å². The van der Waals surface area contributed by atoms with Crippen LogP contribution in [0.2, 0.25) is 0 Å². The van der Waals surface area contributed by atoms with Gasteiger partial charge >= 0.3 is 0 Å². The number of hydrogen-bond acceptors (Lipinski definition) is 2. The molecule has 0 spiro atoms. The van der Waals surface area contributed by atoms with Crippen molar-refractivity contribution in [3.63, 3.8) is 0 Å². The maximum Gasteiger partial charge on any atom is 0.193 e. The van der Waals surface area contributed by atoms with Crippen LogP contribution in [-0.2, 0) is 0 Å². The molecular formula is C20H13NO. The normalized spacial score (nSPS) is 10.9. The minimum atomic E-state index is 0.0308. The third-order valence-corrected chi connectivity index (χ3v) is 3.84. The van der Waals surface area contributed by atoms with Gasteiger partial charge in [-0.15, -0.1) is 0 Å². The van der Waals surface area contributed by atoms with Gasteiger partial charge < -0.3 is 0 Å². The summed E-state index contributed by atoms with van der Waals surface area (Å²) in [7, 11) is 0. The highest BCUT2D eigenvalue weighted by Gasteiger charge is 2.13. The van der Waals surface area contributed by atoms with E-state index in [4.69, 9.17) is 0 Å². The first-order valence-electron chi connectivity index (χ1n) is 7.21. The molecule has 0 saturated carbocycles. The number of nitrogens with zero attached hydrogens (tertiary/aromatic N) is 1. The van der Waals surface area contributed by atoms with E-state index in [1.54, 1.807) is 0 Å². The highest BCUT2D eigenvalue weighted by atomic mass is 16.1. The summed E-state index contributed by atoms with van der Waals surface area (Å²) in [4.78, 5) is 17.4. The predicted octanol–water partition coefficient (Wildman–Crippen LogP) is 4.62. The van der Waals surface area contributed by atoms with E-state index in [-0.39, 0.29) is 5.78 Å². The van der Waals surface area contributed by atoms with E-state index >= 15 is 0 Å². The Morgan fingerprint density at radius 2 is 1.45 bits per heavy atom. The Kier molecular flexibility index (Phi) is 2.94. The second-order valence-corrected chi connectivity index (χ2v) is 5.25. The highest BCUT2D eigenvalue weighted by Crippen LogP contribution is 2.24. The number of benzene rings is 3. The Balaban J connectivity index is 1.98. The molecule has 4 aromatic rings. The SMILES string of the molecule is O=C(c1ccccc1)c1cccc2nc3ccccc3cc12. The number of para-hydroxylation sites is 1. The molecule has 0 unspecified atom stereocenters. The lowest BCUT2D eigenvalue weighted by Crippen LogP contribution is -2.02. The van der Waals surface area contributed by atoms with Crippen molar-refractivity contribution in [2.45, 2.75) is 0 Å². The molecule has 4 rings (SSSR count). The standard InChI is InChI=1S/C20H13NO/c22-20(14-7-2-1-3-8-14)16-10-6-12-19-17(16)13-15-9-4-5-11-18(15)21-19/h1-13H. The second-order valence-electron chi connectivity index (χ2n) is 5.25. The quantitative estimate of drug-likeness (QED) is 0.397. The van der Waals surface area contributed by atoms with Crippen molar-refractivity contribution in [1.29, 1.82) is 0 Å². The van der Waals surface area contributed by atoms with Gasteiger partial charge in [0.05, 0.1) is 11.0 Å². The number of ketones is 1. The fourth-order valence-electron chi connectivity index (χ4n) is 2.74.